The third-order valence-corrected chi connectivity index (χ3v) is 9.54. The Labute approximate surface area is 272 Å². The van der Waals surface area contributed by atoms with E-state index in [-0.39, 0.29) is 64.3 Å². The molecule has 3 N–H and O–H groups in total. The predicted octanol–water partition coefficient (Wildman–Crippen LogP) is 3.36. The van der Waals surface area contributed by atoms with Gasteiger partial charge in [-0.25, -0.2) is 4.79 Å². The zero-order chi connectivity index (χ0) is 28.7. The molecule has 2 fully saturated rings. The van der Waals surface area contributed by atoms with Gasteiger partial charge in [-0.15, -0.1) is 23.5 Å². The third-order valence-electron chi connectivity index (χ3n) is 7.24. The van der Waals surface area contributed by atoms with Crippen molar-refractivity contribution in [1.82, 2.24) is 10.2 Å². The molecular formula is C30H25N3NaO6S2. The van der Waals surface area contributed by atoms with E-state index < -0.39 is 23.3 Å². The maximum absolute atomic E-state index is 13.1. The molecule has 0 spiro atoms. The van der Waals surface area contributed by atoms with Crippen molar-refractivity contribution in [3.8, 4) is 5.75 Å². The fourth-order valence-electron chi connectivity index (χ4n) is 5.21. The second kappa shape index (κ2) is 12.6. The number of thioether (sulfide) groups is 2. The van der Waals surface area contributed by atoms with Crippen molar-refractivity contribution >= 4 is 93.2 Å². The SMILES string of the molecule is O=C(CSc1ccc2ccccc2c1)N[C@@H]1C(=O)N2C(C(=O)O)=C(C=C3CCN(c4ccc(O)cc4)C3=O)CS[C@H]12.[Na]. The van der Waals surface area contributed by atoms with Crippen LogP contribution in [-0.2, 0) is 19.2 Å². The van der Waals surface area contributed by atoms with Crippen molar-refractivity contribution < 1.29 is 29.4 Å². The van der Waals surface area contributed by atoms with Gasteiger partial charge >= 0.3 is 5.97 Å². The van der Waals surface area contributed by atoms with E-state index in [2.05, 4.69) is 5.32 Å². The van der Waals surface area contributed by atoms with E-state index in [1.54, 1.807) is 23.1 Å². The van der Waals surface area contributed by atoms with Gasteiger partial charge in [0.25, 0.3) is 11.8 Å². The molecule has 12 heteroatoms. The Hall–Kier alpha value is -3.22. The number of nitrogens with zero attached hydrogens (tertiary/aromatic N) is 2. The number of aromatic hydroxyl groups is 1. The van der Waals surface area contributed by atoms with Crippen LogP contribution in [0.4, 0.5) is 5.69 Å². The van der Waals surface area contributed by atoms with E-state index in [1.165, 1.54) is 40.6 Å². The second-order valence-corrected chi connectivity index (χ2v) is 12.0. The molecular weight excluding hydrogens is 585 g/mol. The number of anilines is 1. The number of hydrogen-bond donors (Lipinski definition) is 3. The maximum atomic E-state index is 13.1. The molecule has 0 saturated carbocycles. The zero-order valence-corrected chi connectivity index (χ0v) is 26.3. The Kier molecular flexibility index (Phi) is 9.05. The summed E-state index contributed by atoms with van der Waals surface area (Å²) in [6, 6.07) is 19.4. The van der Waals surface area contributed by atoms with Crippen molar-refractivity contribution in [2.75, 3.05) is 23.0 Å². The number of aliphatic carboxylic acids is 1. The summed E-state index contributed by atoms with van der Waals surface area (Å²) in [5, 5.41) is 24.0. The van der Waals surface area contributed by atoms with Crippen molar-refractivity contribution in [2.45, 2.75) is 22.7 Å². The Morgan fingerprint density at radius 1 is 1.05 bits per heavy atom. The molecule has 3 aromatic rings. The summed E-state index contributed by atoms with van der Waals surface area (Å²) in [4.78, 5) is 54.8. The second-order valence-electron chi connectivity index (χ2n) is 9.82. The molecule has 42 heavy (non-hydrogen) atoms. The Morgan fingerprint density at radius 3 is 2.52 bits per heavy atom. The average Bonchev–Trinajstić information content (AvgIpc) is 3.34. The van der Waals surface area contributed by atoms with Gasteiger partial charge in [0, 0.05) is 58.0 Å². The number of rotatable bonds is 7. The van der Waals surface area contributed by atoms with Gasteiger partial charge in [-0.05, 0) is 65.2 Å². The van der Waals surface area contributed by atoms with E-state index in [0.717, 1.165) is 15.7 Å². The summed E-state index contributed by atoms with van der Waals surface area (Å²) < 4.78 is 0. The normalized spacial score (nSPS) is 20.8. The Morgan fingerprint density at radius 2 is 1.79 bits per heavy atom. The summed E-state index contributed by atoms with van der Waals surface area (Å²) in [7, 11) is 0. The number of β-lactam (4-membered cyclic amide) rings is 1. The molecule has 2 saturated heterocycles. The molecule has 1 radical (unpaired) electrons. The first-order chi connectivity index (χ1) is 19.8. The number of amides is 3. The number of carbonyl (C=O) groups is 4. The Balaban J connectivity index is 0.00000353. The van der Waals surface area contributed by atoms with E-state index >= 15 is 0 Å². The van der Waals surface area contributed by atoms with Gasteiger partial charge in [-0.2, -0.15) is 0 Å². The number of carboxylic acid groups (broad SMARTS) is 1. The summed E-state index contributed by atoms with van der Waals surface area (Å²) in [6.45, 7) is 0.425. The van der Waals surface area contributed by atoms with Gasteiger partial charge in [0.05, 0.1) is 5.75 Å². The van der Waals surface area contributed by atoms with Crippen molar-refractivity contribution in [2.24, 2.45) is 0 Å². The van der Waals surface area contributed by atoms with Crippen LogP contribution in [0, 0.1) is 0 Å². The van der Waals surface area contributed by atoms with Crippen LogP contribution in [0.5, 0.6) is 5.75 Å². The molecule has 9 nitrogen and oxygen atoms in total. The minimum atomic E-state index is -1.26. The number of carboxylic acids is 1. The van der Waals surface area contributed by atoms with E-state index in [4.69, 9.17) is 0 Å². The summed E-state index contributed by atoms with van der Waals surface area (Å²) in [6.07, 6.45) is 2.00. The van der Waals surface area contributed by atoms with E-state index in [9.17, 15) is 29.4 Å². The summed E-state index contributed by atoms with van der Waals surface area (Å²) in [5.74, 6) is -1.79. The van der Waals surface area contributed by atoms with Crippen LogP contribution in [-0.4, -0.2) is 97.8 Å². The summed E-state index contributed by atoms with van der Waals surface area (Å²) >= 11 is 2.73. The van der Waals surface area contributed by atoms with E-state index in [0.29, 0.717) is 29.8 Å². The van der Waals surface area contributed by atoms with Crippen molar-refractivity contribution in [3.63, 3.8) is 0 Å². The topological polar surface area (TPSA) is 127 Å². The molecule has 209 valence electrons. The van der Waals surface area contributed by atoms with Gasteiger partial charge in [0.15, 0.2) is 0 Å². The molecule has 0 aliphatic carbocycles. The van der Waals surface area contributed by atoms with Gasteiger partial charge < -0.3 is 20.4 Å². The molecule has 3 aromatic carbocycles. The maximum Gasteiger partial charge on any atom is 0.352 e. The number of carbonyl (C=O) groups excluding carboxylic acids is 3. The van der Waals surface area contributed by atoms with Crippen LogP contribution in [0.15, 0.2) is 94.5 Å². The zero-order valence-electron chi connectivity index (χ0n) is 22.6. The predicted molar refractivity (Wildman–Crippen MR) is 163 cm³/mol. The van der Waals surface area contributed by atoms with Crippen LogP contribution in [0.25, 0.3) is 10.8 Å². The van der Waals surface area contributed by atoms with Crippen LogP contribution < -0.4 is 10.2 Å². The largest absolute Gasteiger partial charge is 0.508 e. The first-order valence-electron chi connectivity index (χ1n) is 12.9. The molecule has 2 atom stereocenters. The fourth-order valence-corrected chi connectivity index (χ4v) is 7.27. The molecule has 6 rings (SSSR count). The number of phenolic OH excluding ortho intramolecular Hbond substituents is 1. The fraction of sp³-hybridized carbons (Fsp3) is 0.200. The number of hydrogen-bond acceptors (Lipinski definition) is 7. The van der Waals surface area contributed by atoms with Gasteiger partial charge in [-0.1, -0.05) is 30.3 Å². The number of fused-ring (bicyclic) bond motifs is 2. The molecule has 3 amide bonds. The molecule has 3 aliphatic rings. The van der Waals surface area contributed by atoms with E-state index in [1.807, 2.05) is 42.5 Å². The molecule has 3 heterocycles. The smallest absolute Gasteiger partial charge is 0.352 e. The van der Waals surface area contributed by atoms with Gasteiger partial charge in [-0.3, -0.25) is 19.3 Å². The van der Waals surface area contributed by atoms with Gasteiger partial charge in [0.2, 0.25) is 5.91 Å². The monoisotopic (exact) mass is 610 g/mol. The quantitative estimate of drug-likeness (QED) is 0.161. The molecule has 3 aliphatic heterocycles. The molecule has 0 unspecified atom stereocenters. The molecule has 0 aromatic heterocycles. The first kappa shape index (κ1) is 30.2. The number of nitrogens with one attached hydrogen (secondary N) is 1. The molecule has 0 bridgehead atoms. The standard InChI is InChI=1S/C30H25N3O6S2.Na/c34-22-8-6-21(7-9-22)32-12-11-19(27(32)36)13-20-15-41-29-25(28(37)33(29)26(20)30(38)39)31-24(35)16-40-23-10-5-17-3-1-2-4-18(17)14-23;/h1-10,13-14,25,29,34H,11-12,15-16H2,(H,31,35)(H,38,39);/t25-,29-;/m1./s1. The summed E-state index contributed by atoms with van der Waals surface area (Å²) in [5.41, 5.74) is 1.32. The van der Waals surface area contributed by atoms with Crippen molar-refractivity contribution in [1.29, 1.82) is 0 Å². The van der Waals surface area contributed by atoms with Crippen LogP contribution in [0.1, 0.15) is 6.42 Å². The minimum absolute atomic E-state index is 0. The number of benzene rings is 3. The first-order valence-corrected chi connectivity index (χ1v) is 15.0. The Bertz CT molecular complexity index is 1660. The van der Waals surface area contributed by atoms with Crippen molar-refractivity contribution in [3.05, 3.63) is 89.6 Å². The average molecular weight is 611 g/mol. The number of allylic oxidation sites excluding steroid dienone is 1. The number of phenols is 1. The van der Waals surface area contributed by atoms with Crippen LogP contribution in [0.3, 0.4) is 0 Å². The van der Waals surface area contributed by atoms with Crippen LogP contribution >= 0.6 is 23.5 Å². The van der Waals surface area contributed by atoms with Crippen LogP contribution in [0.2, 0.25) is 0 Å². The minimum Gasteiger partial charge on any atom is -0.508 e. The third kappa shape index (κ3) is 5.84. The van der Waals surface area contributed by atoms with Gasteiger partial charge in [0.1, 0.15) is 22.9 Å².